The third kappa shape index (κ3) is 3.88. The van der Waals surface area contributed by atoms with E-state index in [-0.39, 0.29) is 0 Å². The second-order valence-electron chi connectivity index (χ2n) is 3.53. The second-order valence-corrected chi connectivity index (χ2v) is 4.85. The average Bonchev–Trinajstić information content (AvgIpc) is 2.21. The van der Waals surface area contributed by atoms with Crippen LogP contribution in [0.3, 0.4) is 0 Å². The van der Waals surface area contributed by atoms with Crippen molar-refractivity contribution in [3.63, 3.8) is 0 Å². The van der Waals surface area contributed by atoms with Gasteiger partial charge in [0, 0.05) is 18.4 Å². The van der Waals surface area contributed by atoms with Crippen LogP contribution in [-0.2, 0) is 4.74 Å². The molecule has 0 aromatic rings. The highest BCUT2D eigenvalue weighted by molar-refractivity contribution is 7.99. The van der Waals surface area contributed by atoms with Crippen LogP contribution in [-0.4, -0.2) is 37.8 Å². The van der Waals surface area contributed by atoms with E-state index < -0.39 is 0 Å². The fourth-order valence-corrected chi connectivity index (χ4v) is 2.71. The van der Waals surface area contributed by atoms with Crippen molar-refractivity contribution in [2.75, 3.05) is 31.8 Å². The summed E-state index contributed by atoms with van der Waals surface area (Å²) in [6.07, 6.45) is 2.56. The minimum atomic E-state index is 0.644. The van der Waals surface area contributed by atoms with E-state index in [1.54, 1.807) is 0 Å². The molecule has 0 bridgehead atoms. The van der Waals surface area contributed by atoms with Crippen molar-refractivity contribution in [2.24, 2.45) is 5.92 Å². The molecule has 1 rings (SSSR count). The van der Waals surface area contributed by atoms with Crippen LogP contribution in [0, 0.1) is 5.92 Å². The molecule has 2 nitrogen and oxygen atoms in total. The minimum absolute atomic E-state index is 0.644. The van der Waals surface area contributed by atoms with Gasteiger partial charge in [-0.15, -0.1) is 0 Å². The Morgan fingerprint density at radius 3 is 3.00 bits per heavy atom. The maximum absolute atomic E-state index is 5.50. The molecule has 1 saturated heterocycles. The smallest absolute Gasteiger partial charge is 0.0509 e. The summed E-state index contributed by atoms with van der Waals surface area (Å²) in [5.74, 6) is 3.17. The fourth-order valence-electron chi connectivity index (χ4n) is 1.78. The fraction of sp³-hybridized carbons (Fsp3) is 1.00. The minimum Gasteiger partial charge on any atom is -0.381 e. The molecule has 0 radical (unpaired) electrons. The Hall–Kier alpha value is 0.270. The molecule has 0 spiro atoms. The SMILES string of the molecule is CCSCC(NC)C1CCCOC1. The standard InChI is InChI=1S/C10H21NOS/c1-3-13-8-10(11-2)9-5-4-6-12-7-9/h9-11H,3-8H2,1-2H3. The van der Waals surface area contributed by atoms with Crippen molar-refractivity contribution in [3.8, 4) is 0 Å². The Bertz CT molecular complexity index is 126. The monoisotopic (exact) mass is 203 g/mol. The zero-order chi connectivity index (χ0) is 9.52. The molecule has 0 aromatic heterocycles. The van der Waals surface area contributed by atoms with Crippen LogP contribution in [0.25, 0.3) is 0 Å². The van der Waals surface area contributed by atoms with Gasteiger partial charge in [-0.3, -0.25) is 0 Å². The van der Waals surface area contributed by atoms with E-state index in [1.807, 2.05) is 11.8 Å². The molecule has 2 unspecified atom stereocenters. The Morgan fingerprint density at radius 1 is 1.62 bits per heavy atom. The number of ether oxygens (including phenoxy) is 1. The molecule has 1 aliphatic heterocycles. The molecule has 1 heterocycles. The van der Waals surface area contributed by atoms with Gasteiger partial charge in [0.15, 0.2) is 0 Å². The maximum Gasteiger partial charge on any atom is 0.0509 e. The summed E-state index contributed by atoms with van der Waals surface area (Å²) in [6.45, 7) is 4.14. The molecule has 0 saturated carbocycles. The van der Waals surface area contributed by atoms with E-state index in [2.05, 4.69) is 19.3 Å². The van der Waals surface area contributed by atoms with Crippen LogP contribution in [0.5, 0.6) is 0 Å². The Labute approximate surface area is 85.8 Å². The highest BCUT2D eigenvalue weighted by Gasteiger charge is 2.22. The van der Waals surface area contributed by atoms with Gasteiger partial charge >= 0.3 is 0 Å². The van der Waals surface area contributed by atoms with Crippen LogP contribution in [0.2, 0.25) is 0 Å². The molecule has 1 N–H and O–H groups in total. The van der Waals surface area contributed by atoms with Gasteiger partial charge in [0.25, 0.3) is 0 Å². The second kappa shape index (κ2) is 6.68. The molecule has 0 aliphatic carbocycles. The van der Waals surface area contributed by atoms with E-state index in [9.17, 15) is 0 Å². The first-order chi connectivity index (χ1) is 6.38. The molecule has 0 amide bonds. The predicted octanol–water partition coefficient (Wildman–Crippen LogP) is 1.75. The largest absolute Gasteiger partial charge is 0.381 e. The summed E-state index contributed by atoms with van der Waals surface area (Å²) >= 11 is 2.02. The molecular weight excluding hydrogens is 182 g/mol. The molecule has 0 aromatic carbocycles. The number of hydrogen-bond acceptors (Lipinski definition) is 3. The van der Waals surface area contributed by atoms with E-state index in [0.717, 1.165) is 19.1 Å². The summed E-state index contributed by atoms with van der Waals surface area (Å²) in [5.41, 5.74) is 0. The lowest BCUT2D eigenvalue weighted by Crippen LogP contribution is -2.40. The van der Waals surface area contributed by atoms with Crippen LogP contribution in [0.4, 0.5) is 0 Å². The third-order valence-electron chi connectivity index (χ3n) is 2.64. The number of hydrogen-bond donors (Lipinski definition) is 1. The van der Waals surface area contributed by atoms with E-state index in [4.69, 9.17) is 4.74 Å². The third-order valence-corrected chi connectivity index (χ3v) is 3.64. The molecule has 13 heavy (non-hydrogen) atoms. The van der Waals surface area contributed by atoms with Crippen molar-refractivity contribution in [3.05, 3.63) is 0 Å². The Kier molecular flexibility index (Phi) is 5.83. The summed E-state index contributed by atoms with van der Waals surface area (Å²) in [4.78, 5) is 0. The molecule has 2 atom stereocenters. The lowest BCUT2D eigenvalue weighted by Gasteiger charge is -2.29. The molecule has 78 valence electrons. The van der Waals surface area contributed by atoms with Gasteiger partial charge in [-0.2, -0.15) is 11.8 Å². The van der Waals surface area contributed by atoms with Gasteiger partial charge in [0.2, 0.25) is 0 Å². The van der Waals surface area contributed by atoms with Gasteiger partial charge in [0.1, 0.15) is 0 Å². The van der Waals surface area contributed by atoms with Crippen molar-refractivity contribution in [1.29, 1.82) is 0 Å². The van der Waals surface area contributed by atoms with Crippen LogP contribution in [0.1, 0.15) is 19.8 Å². The van der Waals surface area contributed by atoms with Crippen LogP contribution >= 0.6 is 11.8 Å². The predicted molar refractivity (Wildman–Crippen MR) is 59.4 cm³/mol. The van der Waals surface area contributed by atoms with Crippen LogP contribution in [0.15, 0.2) is 0 Å². The van der Waals surface area contributed by atoms with E-state index in [1.165, 1.54) is 24.3 Å². The highest BCUT2D eigenvalue weighted by Crippen LogP contribution is 2.19. The van der Waals surface area contributed by atoms with Crippen molar-refractivity contribution >= 4 is 11.8 Å². The first kappa shape index (κ1) is 11.3. The molecule has 1 fully saturated rings. The average molecular weight is 203 g/mol. The Morgan fingerprint density at radius 2 is 2.46 bits per heavy atom. The van der Waals surface area contributed by atoms with Crippen molar-refractivity contribution < 1.29 is 4.74 Å². The van der Waals surface area contributed by atoms with E-state index in [0.29, 0.717) is 6.04 Å². The zero-order valence-electron chi connectivity index (χ0n) is 8.71. The summed E-state index contributed by atoms with van der Waals surface area (Å²) in [6, 6.07) is 0.644. The summed E-state index contributed by atoms with van der Waals surface area (Å²) < 4.78 is 5.50. The maximum atomic E-state index is 5.50. The number of thioether (sulfide) groups is 1. The van der Waals surface area contributed by atoms with Crippen molar-refractivity contribution in [2.45, 2.75) is 25.8 Å². The first-order valence-corrected chi connectivity index (χ1v) is 6.36. The van der Waals surface area contributed by atoms with Gasteiger partial charge < -0.3 is 10.1 Å². The van der Waals surface area contributed by atoms with Gasteiger partial charge in [-0.1, -0.05) is 6.92 Å². The first-order valence-electron chi connectivity index (χ1n) is 5.21. The van der Waals surface area contributed by atoms with Crippen molar-refractivity contribution in [1.82, 2.24) is 5.32 Å². The van der Waals surface area contributed by atoms with E-state index >= 15 is 0 Å². The zero-order valence-corrected chi connectivity index (χ0v) is 9.53. The topological polar surface area (TPSA) is 21.3 Å². The lowest BCUT2D eigenvalue weighted by atomic mass is 9.95. The van der Waals surface area contributed by atoms with Gasteiger partial charge in [-0.25, -0.2) is 0 Å². The number of rotatable bonds is 5. The molecule has 1 aliphatic rings. The highest BCUT2D eigenvalue weighted by atomic mass is 32.2. The summed E-state index contributed by atoms with van der Waals surface area (Å²) in [5, 5.41) is 3.41. The Balaban J connectivity index is 2.26. The van der Waals surface area contributed by atoms with Gasteiger partial charge in [-0.05, 0) is 31.6 Å². The normalized spacial score (nSPS) is 25.8. The lowest BCUT2D eigenvalue weighted by molar-refractivity contribution is 0.0438. The van der Waals surface area contributed by atoms with Gasteiger partial charge in [0.05, 0.1) is 6.61 Å². The quantitative estimate of drug-likeness (QED) is 0.735. The molecular formula is C10H21NOS. The summed E-state index contributed by atoms with van der Waals surface area (Å²) in [7, 11) is 2.06. The molecule has 3 heteroatoms. The number of nitrogens with one attached hydrogen (secondary N) is 1. The van der Waals surface area contributed by atoms with Crippen LogP contribution < -0.4 is 5.32 Å².